The van der Waals surface area contributed by atoms with Crippen molar-refractivity contribution in [1.29, 1.82) is 0 Å². The number of esters is 1. The number of benzene rings is 1. The Morgan fingerprint density at radius 1 is 1.48 bits per heavy atom. The molecule has 2 aromatic rings. The number of aliphatic hydroxyl groups is 1. The molecule has 1 aromatic carbocycles. The molecule has 134 valence electrons. The highest BCUT2D eigenvalue weighted by molar-refractivity contribution is 6.05. The van der Waals surface area contributed by atoms with Crippen LogP contribution in [0.4, 0.5) is 5.69 Å². The smallest absolute Gasteiger partial charge is 0.341 e. The van der Waals surface area contributed by atoms with E-state index in [4.69, 9.17) is 4.74 Å². The highest BCUT2D eigenvalue weighted by Gasteiger charge is 2.28. The van der Waals surface area contributed by atoms with E-state index in [0.717, 1.165) is 48.1 Å². The number of carbonyl (C=O) groups is 1. The molecule has 1 fully saturated rings. The number of carbonyl (C=O) groups excluding carboxylic acids is 1. The molecule has 0 bridgehead atoms. The number of fused-ring (bicyclic) bond motifs is 1. The molecule has 25 heavy (non-hydrogen) atoms. The third-order valence-corrected chi connectivity index (χ3v) is 5.02. The van der Waals surface area contributed by atoms with Gasteiger partial charge in [-0.2, -0.15) is 0 Å². The fourth-order valence-electron chi connectivity index (χ4n) is 3.66. The number of aliphatic hydroxyl groups excluding tert-OH is 1. The minimum atomic E-state index is -0.358. The minimum absolute atomic E-state index is 0.205. The first-order valence-corrected chi connectivity index (χ1v) is 9.01. The summed E-state index contributed by atoms with van der Waals surface area (Å²) in [6, 6.07) is 6.03. The van der Waals surface area contributed by atoms with E-state index >= 15 is 0 Å². The molecule has 0 spiro atoms. The molecule has 5 nitrogen and oxygen atoms in total. The normalized spacial score (nSPS) is 19.0. The Labute approximate surface area is 148 Å². The molecular weight excluding hydrogens is 316 g/mol. The Hall–Kier alpha value is -2.14. The SMILES string of the molecule is CCOC(=O)c1cnc2c(C)cccc2c1N1CCCC(C(C)O)C1. The van der Waals surface area contributed by atoms with Crippen molar-refractivity contribution in [3.63, 3.8) is 0 Å². The molecule has 1 aromatic heterocycles. The molecule has 0 amide bonds. The van der Waals surface area contributed by atoms with Crippen molar-refractivity contribution in [2.24, 2.45) is 5.92 Å². The molecular formula is C20H26N2O3. The van der Waals surface area contributed by atoms with E-state index in [9.17, 15) is 9.90 Å². The maximum absolute atomic E-state index is 12.5. The first kappa shape index (κ1) is 17.7. The molecule has 0 aliphatic carbocycles. The molecule has 2 unspecified atom stereocenters. The lowest BCUT2D eigenvalue weighted by molar-refractivity contribution is 0.0526. The summed E-state index contributed by atoms with van der Waals surface area (Å²) >= 11 is 0. The molecule has 3 rings (SSSR count). The van der Waals surface area contributed by atoms with Crippen LogP contribution in [-0.2, 0) is 4.74 Å². The summed E-state index contributed by atoms with van der Waals surface area (Å²) in [5.74, 6) is -0.135. The average Bonchev–Trinajstić information content (AvgIpc) is 2.61. The van der Waals surface area contributed by atoms with E-state index in [1.807, 2.05) is 32.0 Å². The number of rotatable bonds is 4. The average molecular weight is 342 g/mol. The van der Waals surface area contributed by atoms with Crippen LogP contribution in [0.1, 0.15) is 42.6 Å². The number of piperidine rings is 1. The number of pyridine rings is 1. The lowest BCUT2D eigenvalue weighted by Gasteiger charge is -2.37. The standard InChI is InChI=1S/C20H26N2O3/c1-4-25-20(24)17-11-21-18-13(2)7-5-9-16(18)19(17)22-10-6-8-15(12-22)14(3)23/h5,7,9,11,14-15,23H,4,6,8,10,12H2,1-3H3. The molecule has 1 saturated heterocycles. The largest absolute Gasteiger partial charge is 0.462 e. The fourth-order valence-corrected chi connectivity index (χ4v) is 3.66. The van der Waals surface area contributed by atoms with Crippen LogP contribution in [0.25, 0.3) is 10.9 Å². The first-order valence-electron chi connectivity index (χ1n) is 9.01. The van der Waals surface area contributed by atoms with Crippen LogP contribution in [0.2, 0.25) is 0 Å². The van der Waals surface area contributed by atoms with Gasteiger partial charge < -0.3 is 14.7 Å². The van der Waals surface area contributed by atoms with Crippen LogP contribution in [-0.4, -0.2) is 41.9 Å². The van der Waals surface area contributed by atoms with E-state index in [2.05, 4.69) is 9.88 Å². The van der Waals surface area contributed by atoms with E-state index in [1.165, 1.54) is 0 Å². The third-order valence-electron chi connectivity index (χ3n) is 5.02. The number of anilines is 1. The summed E-state index contributed by atoms with van der Waals surface area (Å²) in [5.41, 5.74) is 3.38. The fraction of sp³-hybridized carbons (Fsp3) is 0.500. The van der Waals surface area contributed by atoms with Crippen molar-refractivity contribution in [1.82, 2.24) is 4.98 Å². The first-order chi connectivity index (χ1) is 12.0. The molecule has 1 N–H and O–H groups in total. The molecule has 1 aliphatic heterocycles. The van der Waals surface area contributed by atoms with Gasteiger partial charge in [-0.05, 0) is 39.2 Å². The number of hydrogen-bond acceptors (Lipinski definition) is 5. The van der Waals surface area contributed by atoms with Crippen LogP contribution in [0.3, 0.4) is 0 Å². The molecule has 5 heteroatoms. The van der Waals surface area contributed by atoms with E-state index in [1.54, 1.807) is 13.1 Å². The van der Waals surface area contributed by atoms with Gasteiger partial charge in [-0.1, -0.05) is 18.2 Å². The van der Waals surface area contributed by atoms with Gasteiger partial charge in [0.05, 0.1) is 23.9 Å². The topological polar surface area (TPSA) is 62.7 Å². The number of para-hydroxylation sites is 1. The van der Waals surface area contributed by atoms with Crippen molar-refractivity contribution >= 4 is 22.6 Å². The predicted octanol–water partition coefficient (Wildman–Crippen LogP) is 3.32. The number of hydrogen-bond donors (Lipinski definition) is 1. The van der Waals surface area contributed by atoms with Crippen molar-refractivity contribution in [3.8, 4) is 0 Å². The number of ether oxygens (including phenoxy) is 1. The molecule has 1 aliphatic rings. The second-order valence-electron chi connectivity index (χ2n) is 6.80. The summed E-state index contributed by atoms with van der Waals surface area (Å²) < 4.78 is 5.26. The Bertz CT molecular complexity index is 773. The summed E-state index contributed by atoms with van der Waals surface area (Å²) in [6.07, 6.45) is 3.27. The Kier molecular flexibility index (Phi) is 5.23. The number of nitrogens with zero attached hydrogens (tertiary/aromatic N) is 2. The third kappa shape index (κ3) is 3.47. The monoisotopic (exact) mass is 342 g/mol. The molecule has 0 saturated carbocycles. The van der Waals surface area contributed by atoms with E-state index in [0.29, 0.717) is 12.2 Å². The quantitative estimate of drug-likeness (QED) is 0.864. The molecule has 0 radical (unpaired) electrons. The van der Waals surface area contributed by atoms with E-state index in [-0.39, 0.29) is 18.0 Å². The Morgan fingerprint density at radius 3 is 3.00 bits per heavy atom. The van der Waals surface area contributed by atoms with Crippen LogP contribution in [0.15, 0.2) is 24.4 Å². The Balaban J connectivity index is 2.13. The van der Waals surface area contributed by atoms with Crippen LogP contribution in [0.5, 0.6) is 0 Å². The van der Waals surface area contributed by atoms with Gasteiger partial charge in [0.1, 0.15) is 5.56 Å². The number of aromatic nitrogens is 1. The van der Waals surface area contributed by atoms with Gasteiger partial charge >= 0.3 is 5.97 Å². The van der Waals surface area contributed by atoms with Gasteiger partial charge in [0.2, 0.25) is 0 Å². The lowest BCUT2D eigenvalue weighted by atomic mass is 9.92. The van der Waals surface area contributed by atoms with Crippen LogP contribution >= 0.6 is 0 Å². The zero-order valence-corrected chi connectivity index (χ0v) is 15.2. The van der Waals surface area contributed by atoms with Crippen molar-refractivity contribution in [3.05, 3.63) is 35.5 Å². The second kappa shape index (κ2) is 7.40. The summed E-state index contributed by atoms with van der Waals surface area (Å²) in [4.78, 5) is 19.2. The van der Waals surface area contributed by atoms with Crippen molar-refractivity contribution < 1.29 is 14.6 Å². The Morgan fingerprint density at radius 2 is 2.28 bits per heavy atom. The second-order valence-corrected chi connectivity index (χ2v) is 6.80. The van der Waals surface area contributed by atoms with E-state index < -0.39 is 0 Å². The summed E-state index contributed by atoms with van der Waals surface area (Å²) in [7, 11) is 0. The minimum Gasteiger partial charge on any atom is -0.462 e. The molecule has 2 heterocycles. The predicted molar refractivity (Wildman–Crippen MR) is 99.1 cm³/mol. The van der Waals surface area contributed by atoms with Crippen molar-refractivity contribution in [2.45, 2.75) is 39.7 Å². The highest BCUT2D eigenvalue weighted by atomic mass is 16.5. The van der Waals surface area contributed by atoms with Gasteiger partial charge in [0, 0.05) is 30.6 Å². The summed E-state index contributed by atoms with van der Waals surface area (Å²) in [6.45, 7) is 7.61. The zero-order chi connectivity index (χ0) is 18.0. The summed E-state index contributed by atoms with van der Waals surface area (Å²) in [5, 5.41) is 11.0. The number of aryl methyl sites for hydroxylation is 1. The maximum atomic E-state index is 12.5. The van der Waals surface area contributed by atoms with Gasteiger partial charge in [0.25, 0.3) is 0 Å². The zero-order valence-electron chi connectivity index (χ0n) is 15.2. The molecule has 2 atom stereocenters. The highest BCUT2D eigenvalue weighted by Crippen LogP contribution is 2.34. The lowest BCUT2D eigenvalue weighted by Crippen LogP contribution is -2.40. The van der Waals surface area contributed by atoms with Gasteiger partial charge in [0.15, 0.2) is 0 Å². The van der Waals surface area contributed by atoms with Gasteiger partial charge in [-0.3, -0.25) is 4.98 Å². The van der Waals surface area contributed by atoms with Crippen molar-refractivity contribution in [2.75, 3.05) is 24.6 Å². The maximum Gasteiger partial charge on any atom is 0.341 e. The van der Waals surface area contributed by atoms with Crippen LogP contribution < -0.4 is 4.90 Å². The van der Waals surface area contributed by atoms with Gasteiger partial charge in [-0.25, -0.2) is 4.79 Å². The van der Waals surface area contributed by atoms with Gasteiger partial charge in [-0.15, -0.1) is 0 Å². The van der Waals surface area contributed by atoms with Crippen LogP contribution in [0, 0.1) is 12.8 Å².